The molecule has 1 fully saturated rings. The molecule has 1 aromatic rings. The van der Waals surface area contributed by atoms with E-state index in [1.807, 2.05) is 26.0 Å². The number of carbonyl (C=O) groups is 2. The molecule has 0 saturated carbocycles. The van der Waals surface area contributed by atoms with E-state index in [-0.39, 0.29) is 24.8 Å². The minimum Gasteiger partial charge on any atom is -0.493 e. The predicted molar refractivity (Wildman–Crippen MR) is 110 cm³/mol. The highest BCUT2D eigenvalue weighted by Gasteiger charge is 2.32. The van der Waals surface area contributed by atoms with Crippen LogP contribution in [-0.4, -0.2) is 48.0 Å². The van der Waals surface area contributed by atoms with E-state index in [4.69, 9.17) is 26.4 Å². The number of amides is 1. The van der Waals surface area contributed by atoms with E-state index in [0.717, 1.165) is 12.0 Å². The maximum Gasteiger partial charge on any atom is 0.307 e. The van der Waals surface area contributed by atoms with Gasteiger partial charge in [-0.2, -0.15) is 0 Å². The summed E-state index contributed by atoms with van der Waals surface area (Å²) in [5, 5.41) is 0. The van der Waals surface area contributed by atoms with Gasteiger partial charge in [-0.15, -0.1) is 0 Å². The second-order valence-electron chi connectivity index (χ2n) is 5.65. The molecule has 0 spiro atoms. The van der Waals surface area contributed by atoms with Gasteiger partial charge in [0.15, 0.2) is 11.5 Å². The second kappa shape index (κ2) is 10.3. The fraction of sp³-hybridized carbons (Fsp3) is 0.421. The zero-order chi connectivity index (χ0) is 19.8. The van der Waals surface area contributed by atoms with Gasteiger partial charge in [-0.1, -0.05) is 37.0 Å². The molecule has 27 heavy (non-hydrogen) atoms. The number of hydrogen-bond donors (Lipinski definition) is 0. The Hall–Kier alpha value is -2.06. The summed E-state index contributed by atoms with van der Waals surface area (Å²) in [4.78, 5) is 26.2. The van der Waals surface area contributed by atoms with Gasteiger partial charge in [0.25, 0.3) is 5.91 Å². The van der Waals surface area contributed by atoms with Crippen molar-refractivity contribution in [3.63, 3.8) is 0 Å². The molecule has 2 rings (SSSR count). The molecule has 0 radical (unpaired) electrons. The lowest BCUT2D eigenvalue weighted by Crippen LogP contribution is -2.30. The molecule has 0 bridgehead atoms. The van der Waals surface area contributed by atoms with Gasteiger partial charge in [-0.3, -0.25) is 14.5 Å². The second-order valence-corrected chi connectivity index (χ2v) is 7.32. The maximum absolute atomic E-state index is 12.6. The standard InChI is InChI=1S/C19H23NO5S2/c1-4-10-25-17(21)8-9-20-18(22)16(27-19(20)26)12-13-6-7-14(23-3)15(11-13)24-5-2/h6-7,11-12H,4-5,8-10H2,1-3H3/b16-12-. The van der Waals surface area contributed by atoms with Gasteiger partial charge in [0.05, 0.1) is 31.6 Å². The summed E-state index contributed by atoms with van der Waals surface area (Å²) in [7, 11) is 1.58. The number of nitrogens with zero attached hydrogens (tertiary/aromatic N) is 1. The zero-order valence-corrected chi connectivity index (χ0v) is 17.3. The van der Waals surface area contributed by atoms with E-state index in [9.17, 15) is 9.59 Å². The predicted octanol–water partition coefficient (Wildman–Crippen LogP) is 3.64. The summed E-state index contributed by atoms with van der Waals surface area (Å²) in [6, 6.07) is 5.45. The molecule has 0 aliphatic carbocycles. The molecule has 1 heterocycles. The molecule has 1 aliphatic heterocycles. The lowest BCUT2D eigenvalue weighted by molar-refractivity contribution is -0.143. The van der Waals surface area contributed by atoms with Crippen molar-refractivity contribution in [2.45, 2.75) is 26.7 Å². The molecule has 0 unspecified atom stereocenters. The minimum atomic E-state index is -0.327. The molecule has 6 nitrogen and oxygen atoms in total. The average molecular weight is 410 g/mol. The lowest BCUT2D eigenvalue weighted by Gasteiger charge is -2.13. The van der Waals surface area contributed by atoms with Crippen LogP contribution in [-0.2, 0) is 14.3 Å². The molecular weight excluding hydrogens is 386 g/mol. The SMILES string of the molecule is CCCOC(=O)CCN1C(=O)/C(=C/c2ccc(OC)c(OCC)c2)SC1=S. The van der Waals surface area contributed by atoms with Gasteiger partial charge in [0.2, 0.25) is 0 Å². The van der Waals surface area contributed by atoms with Crippen LogP contribution in [0.25, 0.3) is 6.08 Å². The summed E-state index contributed by atoms with van der Waals surface area (Å²) in [6.45, 7) is 4.93. The fourth-order valence-electron chi connectivity index (χ4n) is 2.39. The summed E-state index contributed by atoms with van der Waals surface area (Å²) in [5.41, 5.74) is 0.808. The fourth-order valence-corrected chi connectivity index (χ4v) is 3.70. The molecule has 1 aromatic carbocycles. The van der Waals surface area contributed by atoms with Crippen LogP contribution in [0.1, 0.15) is 32.3 Å². The van der Waals surface area contributed by atoms with Crippen LogP contribution in [0.15, 0.2) is 23.1 Å². The third kappa shape index (κ3) is 5.71. The number of rotatable bonds is 9. The van der Waals surface area contributed by atoms with Crippen LogP contribution in [0.2, 0.25) is 0 Å². The van der Waals surface area contributed by atoms with Crippen molar-refractivity contribution in [3.05, 3.63) is 28.7 Å². The molecule has 0 aromatic heterocycles. The van der Waals surface area contributed by atoms with E-state index in [2.05, 4.69) is 0 Å². The number of carbonyl (C=O) groups excluding carboxylic acids is 2. The van der Waals surface area contributed by atoms with Crippen LogP contribution in [0.5, 0.6) is 11.5 Å². The van der Waals surface area contributed by atoms with Crippen LogP contribution < -0.4 is 9.47 Å². The van der Waals surface area contributed by atoms with E-state index in [1.54, 1.807) is 19.3 Å². The number of benzene rings is 1. The van der Waals surface area contributed by atoms with Gasteiger partial charge < -0.3 is 14.2 Å². The lowest BCUT2D eigenvalue weighted by atomic mass is 10.2. The van der Waals surface area contributed by atoms with Crippen molar-refractivity contribution in [1.82, 2.24) is 4.90 Å². The number of hydrogen-bond acceptors (Lipinski definition) is 7. The summed E-state index contributed by atoms with van der Waals surface area (Å²) in [6.07, 6.45) is 2.65. The Labute approximate surface area is 168 Å². The third-order valence-corrected chi connectivity index (χ3v) is 5.04. The third-order valence-electron chi connectivity index (χ3n) is 3.67. The van der Waals surface area contributed by atoms with Crippen LogP contribution in [0, 0.1) is 0 Å². The highest BCUT2D eigenvalue weighted by molar-refractivity contribution is 8.26. The number of ether oxygens (including phenoxy) is 3. The normalized spacial score (nSPS) is 15.4. The van der Waals surface area contributed by atoms with Crippen LogP contribution in [0.4, 0.5) is 0 Å². The molecular formula is C19H23NO5S2. The Morgan fingerprint density at radius 1 is 1.30 bits per heavy atom. The smallest absolute Gasteiger partial charge is 0.307 e. The Bertz CT molecular complexity index is 748. The number of esters is 1. The molecule has 8 heteroatoms. The van der Waals surface area contributed by atoms with Crippen molar-refractivity contribution < 1.29 is 23.8 Å². The van der Waals surface area contributed by atoms with Crippen molar-refractivity contribution in [1.29, 1.82) is 0 Å². The largest absolute Gasteiger partial charge is 0.493 e. The van der Waals surface area contributed by atoms with Gasteiger partial charge in [-0.25, -0.2) is 0 Å². The Balaban J connectivity index is 2.09. The number of thiocarbonyl (C=S) groups is 1. The first-order chi connectivity index (χ1) is 13.0. The van der Waals surface area contributed by atoms with Gasteiger partial charge in [-0.05, 0) is 37.1 Å². The average Bonchev–Trinajstić information content (AvgIpc) is 2.92. The van der Waals surface area contributed by atoms with Crippen LogP contribution >= 0.6 is 24.0 Å². The summed E-state index contributed by atoms with van der Waals surface area (Å²) < 4.78 is 16.3. The molecule has 146 valence electrons. The molecule has 1 aliphatic rings. The minimum absolute atomic E-state index is 0.122. The molecule has 1 amide bonds. The van der Waals surface area contributed by atoms with Crippen molar-refractivity contribution >= 4 is 46.3 Å². The monoisotopic (exact) mass is 409 g/mol. The van der Waals surface area contributed by atoms with Crippen LogP contribution in [0.3, 0.4) is 0 Å². The van der Waals surface area contributed by atoms with E-state index >= 15 is 0 Å². The Morgan fingerprint density at radius 3 is 2.74 bits per heavy atom. The highest BCUT2D eigenvalue weighted by Crippen LogP contribution is 2.34. The first kappa shape index (κ1) is 21.2. The van der Waals surface area contributed by atoms with Crippen molar-refractivity contribution in [2.75, 3.05) is 26.9 Å². The van der Waals surface area contributed by atoms with Gasteiger partial charge in [0.1, 0.15) is 4.32 Å². The quantitative estimate of drug-likeness (QED) is 0.350. The molecule has 1 saturated heterocycles. The Kier molecular flexibility index (Phi) is 8.12. The first-order valence-corrected chi connectivity index (χ1v) is 9.94. The Morgan fingerprint density at radius 2 is 2.07 bits per heavy atom. The number of thioether (sulfide) groups is 1. The highest BCUT2D eigenvalue weighted by atomic mass is 32.2. The van der Waals surface area contributed by atoms with Gasteiger partial charge in [0, 0.05) is 6.54 Å². The zero-order valence-electron chi connectivity index (χ0n) is 15.6. The maximum atomic E-state index is 12.6. The first-order valence-electron chi connectivity index (χ1n) is 8.72. The topological polar surface area (TPSA) is 65.1 Å². The van der Waals surface area contributed by atoms with E-state index in [1.165, 1.54) is 16.7 Å². The van der Waals surface area contributed by atoms with Crippen molar-refractivity contribution in [3.8, 4) is 11.5 Å². The van der Waals surface area contributed by atoms with E-state index < -0.39 is 0 Å². The molecule has 0 atom stereocenters. The molecule has 0 N–H and O–H groups in total. The summed E-state index contributed by atoms with van der Waals surface area (Å²) in [5.74, 6) is 0.712. The van der Waals surface area contributed by atoms with Crippen molar-refractivity contribution in [2.24, 2.45) is 0 Å². The van der Waals surface area contributed by atoms with Gasteiger partial charge >= 0.3 is 5.97 Å². The number of methoxy groups -OCH3 is 1. The summed E-state index contributed by atoms with van der Waals surface area (Å²) >= 11 is 6.51. The van der Waals surface area contributed by atoms with E-state index in [0.29, 0.717) is 33.9 Å².